The lowest BCUT2D eigenvalue weighted by Gasteiger charge is -2.12. The summed E-state index contributed by atoms with van der Waals surface area (Å²) >= 11 is 0. The fourth-order valence-electron chi connectivity index (χ4n) is 1.99. The molecule has 2 rings (SSSR count). The Bertz CT molecular complexity index is 661. The van der Waals surface area contributed by atoms with E-state index < -0.39 is 0 Å². The second-order valence-corrected chi connectivity index (χ2v) is 5.21. The Labute approximate surface area is 136 Å². The largest absolute Gasteiger partial charge is 0.496 e. The van der Waals surface area contributed by atoms with E-state index in [2.05, 4.69) is 27.5 Å². The van der Waals surface area contributed by atoms with Crippen molar-refractivity contribution in [3.05, 3.63) is 47.8 Å². The Balaban J connectivity index is 2.02. The molecule has 1 aromatic carbocycles. The molecule has 1 amide bonds. The molecular weight excluding hydrogens is 292 g/mol. The first kappa shape index (κ1) is 16.7. The summed E-state index contributed by atoms with van der Waals surface area (Å²) in [6.45, 7) is 4.49. The molecule has 6 heteroatoms. The second-order valence-electron chi connectivity index (χ2n) is 5.21. The van der Waals surface area contributed by atoms with Gasteiger partial charge in [-0.2, -0.15) is 0 Å². The first-order chi connectivity index (χ1) is 11.1. The van der Waals surface area contributed by atoms with Crippen LogP contribution < -0.4 is 15.4 Å². The molecule has 1 atom stereocenters. The molecule has 0 aliphatic heterocycles. The van der Waals surface area contributed by atoms with Crippen LogP contribution in [-0.4, -0.2) is 29.0 Å². The van der Waals surface area contributed by atoms with Crippen molar-refractivity contribution in [2.75, 3.05) is 12.4 Å². The van der Waals surface area contributed by atoms with E-state index in [1.54, 1.807) is 19.4 Å². The van der Waals surface area contributed by atoms with E-state index in [0.717, 1.165) is 17.7 Å². The third kappa shape index (κ3) is 4.67. The fourth-order valence-corrected chi connectivity index (χ4v) is 1.99. The smallest absolute Gasteiger partial charge is 0.270 e. The Hall–Kier alpha value is -2.63. The van der Waals surface area contributed by atoms with Gasteiger partial charge in [0, 0.05) is 24.3 Å². The molecule has 0 aliphatic rings. The van der Waals surface area contributed by atoms with Crippen LogP contribution in [0.15, 0.2) is 36.5 Å². The Morgan fingerprint density at radius 2 is 2.09 bits per heavy atom. The van der Waals surface area contributed by atoms with E-state index >= 15 is 0 Å². The van der Waals surface area contributed by atoms with Gasteiger partial charge in [0.15, 0.2) is 0 Å². The predicted molar refractivity (Wildman–Crippen MR) is 89.6 cm³/mol. The van der Waals surface area contributed by atoms with Gasteiger partial charge in [0.2, 0.25) is 5.95 Å². The predicted octanol–water partition coefficient (Wildman–Crippen LogP) is 2.63. The van der Waals surface area contributed by atoms with E-state index in [1.165, 1.54) is 0 Å². The van der Waals surface area contributed by atoms with Crippen LogP contribution in [0.3, 0.4) is 0 Å². The molecule has 6 nitrogen and oxygen atoms in total. The first-order valence-electron chi connectivity index (χ1n) is 7.63. The lowest BCUT2D eigenvalue weighted by Crippen LogP contribution is -2.25. The van der Waals surface area contributed by atoms with E-state index in [0.29, 0.717) is 18.2 Å². The summed E-state index contributed by atoms with van der Waals surface area (Å²) in [6.07, 6.45) is 2.53. The number of aromatic nitrogens is 2. The van der Waals surface area contributed by atoms with Gasteiger partial charge >= 0.3 is 0 Å². The number of methoxy groups -OCH3 is 1. The molecule has 0 saturated heterocycles. The van der Waals surface area contributed by atoms with Crippen LogP contribution in [0.1, 0.15) is 36.3 Å². The topological polar surface area (TPSA) is 76.1 Å². The van der Waals surface area contributed by atoms with E-state index in [1.807, 2.05) is 31.2 Å². The number of benzene rings is 1. The minimum Gasteiger partial charge on any atom is -0.496 e. The van der Waals surface area contributed by atoms with Gasteiger partial charge in [0.05, 0.1) is 7.11 Å². The van der Waals surface area contributed by atoms with Crippen LogP contribution >= 0.6 is 0 Å². The van der Waals surface area contributed by atoms with Gasteiger partial charge in [-0.3, -0.25) is 4.79 Å². The van der Waals surface area contributed by atoms with Crippen LogP contribution in [0.25, 0.3) is 0 Å². The van der Waals surface area contributed by atoms with Gasteiger partial charge in [0.25, 0.3) is 5.91 Å². The third-order valence-corrected chi connectivity index (χ3v) is 3.51. The molecular formula is C17H22N4O2. The average molecular weight is 314 g/mol. The SMILES string of the molecule is CCC(C)Nc1nccc(C(=O)NCc2ccccc2OC)n1. The molecule has 0 saturated carbocycles. The highest BCUT2D eigenvalue weighted by Crippen LogP contribution is 2.16. The van der Waals surface area contributed by atoms with Gasteiger partial charge in [-0.1, -0.05) is 25.1 Å². The van der Waals surface area contributed by atoms with Gasteiger partial charge < -0.3 is 15.4 Å². The van der Waals surface area contributed by atoms with Crippen molar-refractivity contribution in [2.24, 2.45) is 0 Å². The van der Waals surface area contributed by atoms with Crippen molar-refractivity contribution in [3.63, 3.8) is 0 Å². The van der Waals surface area contributed by atoms with E-state index in [9.17, 15) is 4.79 Å². The molecule has 1 unspecified atom stereocenters. The highest BCUT2D eigenvalue weighted by Gasteiger charge is 2.10. The van der Waals surface area contributed by atoms with Crippen LogP contribution in [0.2, 0.25) is 0 Å². The number of carbonyl (C=O) groups excluding carboxylic acids is 1. The second kappa shape index (κ2) is 8.12. The average Bonchev–Trinajstić information content (AvgIpc) is 2.60. The Kier molecular flexibility index (Phi) is 5.91. The van der Waals surface area contributed by atoms with Gasteiger partial charge in [-0.05, 0) is 25.5 Å². The van der Waals surface area contributed by atoms with Crippen molar-refractivity contribution in [1.82, 2.24) is 15.3 Å². The molecule has 1 aromatic heterocycles. The number of rotatable bonds is 7. The number of hydrogen-bond donors (Lipinski definition) is 2. The lowest BCUT2D eigenvalue weighted by atomic mass is 10.2. The molecule has 0 radical (unpaired) electrons. The number of amides is 1. The summed E-state index contributed by atoms with van der Waals surface area (Å²) in [5.74, 6) is 0.962. The van der Waals surface area contributed by atoms with Crippen LogP contribution in [0.5, 0.6) is 5.75 Å². The van der Waals surface area contributed by atoms with E-state index in [-0.39, 0.29) is 11.9 Å². The molecule has 1 heterocycles. The summed E-state index contributed by atoms with van der Waals surface area (Å²) in [6, 6.07) is 9.42. The summed E-state index contributed by atoms with van der Waals surface area (Å²) in [4.78, 5) is 20.6. The van der Waals surface area contributed by atoms with Crippen molar-refractivity contribution in [3.8, 4) is 5.75 Å². The summed E-state index contributed by atoms with van der Waals surface area (Å²) in [5.41, 5.74) is 1.25. The molecule has 0 aliphatic carbocycles. The molecule has 122 valence electrons. The van der Waals surface area contributed by atoms with Crippen LogP contribution in [-0.2, 0) is 6.54 Å². The van der Waals surface area contributed by atoms with Crippen molar-refractivity contribution in [2.45, 2.75) is 32.9 Å². The lowest BCUT2D eigenvalue weighted by molar-refractivity contribution is 0.0945. The molecule has 0 fully saturated rings. The number of ether oxygens (including phenoxy) is 1. The van der Waals surface area contributed by atoms with Crippen molar-refractivity contribution in [1.29, 1.82) is 0 Å². The zero-order valence-electron chi connectivity index (χ0n) is 13.7. The molecule has 2 aromatic rings. The maximum atomic E-state index is 12.3. The zero-order chi connectivity index (χ0) is 16.7. The van der Waals surface area contributed by atoms with Crippen LogP contribution in [0.4, 0.5) is 5.95 Å². The number of hydrogen-bond acceptors (Lipinski definition) is 5. The van der Waals surface area contributed by atoms with E-state index in [4.69, 9.17) is 4.74 Å². The standard InChI is InChI=1S/C17H22N4O2/c1-4-12(2)20-17-18-10-9-14(21-17)16(22)19-11-13-7-5-6-8-15(13)23-3/h5-10,12H,4,11H2,1-3H3,(H,19,22)(H,18,20,21). The monoisotopic (exact) mass is 314 g/mol. The number of carbonyl (C=O) groups is 1. The van der Waals surface area contributed by atoms with Gasteiger partial charge in [-0.25, -0.2) is 9.97 Å². The number of nitrogens with one attached hydrogen (secondary N) is 2. The minimum atomic E-state index is -0.245. The molecule has 23 heavy (non-hydrogen) atoms. The number of nitrogens with zero attached hydrogens (tertiary/aromatic N) is 2. The fraction of sp³-hybridized carbons (Fsp3) is 0.353. The Morgan fingerprint density at radius 1 is 1.30 bits per heavy atom. The highest BCUT2D eigenvalue weighted by molar-refractivity contribution is 5.92. The van der Waals surface area contributed by atoms with Crippen molar-refractivity contribution < 1.29 is 9.53 Å². The molecule has 0 bridgehead atoms. The van der Waals surface area contributed by atoms with Gasteiger partial charge in [0.1, 0.15) is 11.4 Å². The summed E-state index contributed by atoms with van der Waals surface area (Å²) in [7, 11) is 1.61. The van der Waals surface area contributed by atoms with Crippen LogP contribution in [0, 0.1) is 0 Å². The maximum Gasteiger partial charge on any atom is 0.270 e. The summed E-state index contributed by atoms with van der Waals surface area (Å²) < 4.78 is 5.27. The number of para-hydroxylation sites is 1. The normalized spacial score (nSPS) is 11.6. The first-order valence-corrected chi connectivity index (χ1v) is 7.63. The van der Waals surface area contributed by atoms with Gasteiger partial charge in [-0.15, -0.1) is 0 Å². The highest BCUT2D eigenvalue weighted by atomic mass is 16.5. The summed E-state index contributed by atoms with van der Waals surface area (Å²) in [5, 5.41) is 6.00. The maximum absolute atomic E-state index is 12.3. The zero-order valence-corrected chi connectivity index (χ0v) is 13.7. The minimum absolute atomic E-state index is 0.245. The Morgan fingerprint density at radius 3 is 2.83 bits per heavy atom. The molecule has 0 spiro atoms. The molecule has 2 N–H and O–H groups in total. The van der Waals surface area contributed by atoms with Crippen molar-refractivity contribution >= 4 is 11.9 Å². The quantitative estimate of drug-likeness (QED) is 0.821. The third-order valence-electron chi connectivity index (χ3n) is 3.51. The number of anilines is 1.